The van der Waals surface area contributed by atoms with E-state index in [1.54, 1.807) is 0 Å². The summed E-state index contributed by atoms with van der Waals surface area (Å²) >= 11 is 0. The van der Waals surface area contributed by atoms with E-state index in [0.717, 1.165) is 30.6 Å². The Morgan fingerprint density at radius 3 is 2.58 bits per heavy atom. The Labute approximate surface area is 109 Å². The smallest absolute Gasteiger partial charge is 0.331 e. The van der Waals surface area contributed by atoms with Gasteiger partial charge in [0, 0.05) is 19.1 Å². The molecule has 106 valence electrons. The van der Waals surface area contributed by atoms with Gasteiger partial charge in [-0.2, -0.15) is 4.39 Å². The molecule has 0 aliphatic carbocycles. The molecule has 1 aliphatic heterocycles. The highest BCUT2D eigenvalue weighted by atomic mass is 19.1. The van der Waals surface area contributed by atoms with Gasteiger partial charge in [-0.25, -0.2) is 4.79 Å². The van der Waals surface area contributed by atoms with Gasteiger partial charge in [0.15, 0.2) is 0 Å². The molecule has 2 N–H and O–H groups in total. The Bertz CT molecular complexity index is 558. The number of aromatic nitrogens is 2. The van der Waals surface area contributed by atoms with Crippen LogP contribution in [0.3, 0.4) is 0 Å². The number of rotatable bonds is 3. The van der Waals surface area contributed by atoms with Crippen LogP contribution < -0.4 is 11.2 Å². The molecule has 1 fully saturated rings. The maximum atomic E-state index is 13.4. The van der Waals surface area contributed by atoms with Gasteiger partial charge in [-0.15, -0.1) is 0 Å². The molecule has 19 heavy (non-hydrogen) atoms. The van der Waals surface area contributed by atoms with Crippen molar-refractivity contribution in [3.63, 3.8) is 0 Å². The Balaban J connectivity index is 2.23. The van der Waals surface area contributed by atoms with E-state index >= 15 is 0 Å². The summed E-state index contributed by atoms with van der Waals surface area (Å²) in [6, 6.07) is -0.271. The van der Waals surface area contributed by atoms with Gasteiger partial charge in [0.2, 0.25) is 11.7 Å². The molecular formula is C12H18FN3O3. The van der Waals surface area contributed by atoms with Crippen LogP contribution in [0, 0.1) is 5.82 Å². The van der Waals surface area contributed by atoms with Crippen molar-refractivity contribution in [3.05, 3.63) is 26.7 Å². The molecule has 0 radical (unpaired) electrons. The van der Waals surface area contributed by atoms with Gasteiger partial charge >= 0.3 is 5.69 Å². The predicted octanol–water partition coefficient (Wildman–Crippen LogP) is 0.428. The van der Waals surface area contributed by atoms with Crippen molar-refractivity contribution >= 4 is 0 Å². The molecule has 6 nitrogen and oxygen atoms in total. The summed E-state index contributed by atoms with van der Waals surface area (Å²) in [7, 11) is 0. The second-order valence-corrected chi connectivity index (χ2v) is 4.84. The average molecular weight is 271 g/mol. The van der Waals surface area contributed by atoms with Crippen molar-refractivity contribution in [2.45, 2.75) is 32.2 Å². The van der Waals surface area contributed by atoms with E-state index < -0.39 is 22.9 Å². The first-order chi connectivity index (χ1) is 9.04. The molecule has 1 aliphatic rings. The lowest BCUT2D eigenvalue weighted by Gasteiger charge is -2.32. The number of hydrogen-bond acceptors (Lipinski definition) is 4. The van der Waals surface area contributed by atoms with E-state index in [1.807, 2.05) is 4.98 Å². The van der Waals surface area contributed by atoms with Crippen molar-refractivity contribution in [2.75, 3.05) is 19.6 Å². The third kappa shape index (κ3) is 2.70. The molecule has 0 atom stereocenters. The maximum Gasteiger partial charge on any atom is 0.331 e. The molecule has 1 aromatic heterocycles. The molecule has 1 aromatic rings. The van der Waals surface area contributed by atoms with Crippen LogP contribution in [0.5, 0.6) is 5.88 Å². The van der Waals surface area contributed by atoms with Crippen LogP contribution in [-0.2, 0) is 0 Å². The van der Waals surface area contributed by atoms with Crippen LogP contribution in [0.1, 0.15) is 32.2 Å². The number of aromatic hydroxyl groups is 1. The summed E-state index contributed by atoms with van der Waals surface area (Å²) in [4.78, 5) is 26.9. The van der Waals surface area contributed by atoms with E-state index in [9.17, 15) is 19.1 Å². The highest BCUT2D eigenvalue weighted by molar-refractivity contribution is 5.11. The quantitative estimate of drug-likeness (QED) is 0.835. The second kappa shape index (κ2) is 5.56. The largest absolute Gasteiger partial charge is 0.492 e. The molecule has 2 heterocycles. The zero-order chi connectivity index (χ0) is 14.0. The average Bonchev–Trinajstić information content (AvgIpc) is 2.38. The van der Waals surface area contributed by atoms with E-state index in [0.29, 0.717) is 12.8 Å². The molecule has 0 unspecified atom stereocenters. The minimum atomic E-state index is -1.30. The fraction of sp³-hybridized carbons (Fsp3) is 0.667. The summed E-state index contributed by atoms with van der Waals surface area (Å²) in [5.41, 5.74) is -1.93. The zero-order valence-electron chi connectivity index (χ0n) is 10.9. The molecule has 0 bridgehead atoms. The zero-order valence-corrected chi connectivity index (χ0v) is 10.9. The topological polar surface area (TPSA) is 78.3 Å². The lowest BCUT2D eigenvalue weighted by Crippen LogP contribution is -2.40. The van der Waals surface area contributed by atoms with Crippen LogP contribution in [-0.4, -0.2) is 39.2 Å². The Morgan fingerprint density at radius 2 is 2.00 bits per heavy atom. The number of aromatic amines is 1. The Hall–Kier alpha value is -1.63. The summed E-state index contributed by atoms with van der Waals surface area (Å²) in [5.74, 6) is -2.15. The van der Waals surface area contributed by atoms with Crippen LogP contribution in [0.25, 0.3) is 0 Å². The van der Waals surface area contributed by atoms with Gasteiger partial charge in [0.05, 0.1) is 0 Å². The fourth-order valence-electron chi connectivity index (χ4n) is 2.57. The predicted molar refractivity (Wildman–Crippen MR) is 67.9 cm³/mol. The highest BCUT2D eigenvalue weighted by Gasteiger charge is 2.25. The molecular weight excluding hydrogens is 253 g/mol. The van der Waals surface area contributed by atoms with E-state index in [-0.39, 0.29) is 6.04 Å². The van der Waals surface area contributed by atoms with Gasteiger partial charge in [-0.3, -0.25) is 14.3 Å². The summed E-state index contributed by atoms with van der Waals surface area (Å²) in [5, 5.41) is 9.64. The van der Waals surface area contributed by atoms with Crippen LogP contribution >= 0.6 is 0 Å². The second-order valence-electron chi connectivity index (χ2n) is 4.84. The number of nitrogens with zero attached hydrogens (tertiary/aromatic N) is 2. The highest BCUT2D eigenvalue weighted by Crippen LogP contribution is 2.25. The molecule has 7 heteroatoms. The van der Waals surface area contributed by atoms with Crippen molar-refractivity contribution in [1.82, 2.24) is 14.5 Å². The summed E-state index contributed by atoms with van der Waals surface area (Å²) in [6.07, 6.45) is 2.36. The van der Waals surface area contributed by atoms with Gasteiger partial charge in [0.1, 0.15) is 0 Å². The van der Waals surface area contributed by atoms with E-state index in [1.165, 1.54) is 0 Å². The first-order valence-electron chi connectivity index (χ1n) is 6.50. The fourth-order valence-corrected chi connectivity index (χ4v) is 2.57. The van der Waals surface area contributed by atoms with Crippen LogP contribution in [0.2, 0.25) is 0 Å². The summed E-state index contributed by atoms with van der Waals surface area (Å²) < 4.78 is 14.3. The van der Waals surface area contributed by atoms with Crippen molar-refractivity contribution in [1.29, 1.82) is 0 Å². The third-order valence-electron chi connectivity index (χ3n) is 3.53. The van der Waals surface area contributed by atoms with Gasteiger partial charge in [0.25, 0.3) is 5.56 Å². The van der Waals surface area contributed by atoms with Gasteiger partial charge in [-0.05, 0) is 25.8 Å². The van der Waals surface area contributed by atoms with Crippen molar-refractivity contribution in [2.24, 2.45) is 0 Å². The number of hydrogen-bond donors (Lipinski definition) is 2. The minimum absolute atomic E-state index is 0.271. The Morgan fingerprint density at radius 1 is 1.37 bits per heavy atom. The van der Waals surface area contributed by atoms with Crippen molar-refractivity contribution in [3.8, 4) is 5.88 Å². The first kappa shape index (κ1) is 13.8. The van der Waals surface area contributed by atoms with Crippen LogP contribution in [0.4, 0.5) is 4.39 Å². The van der Waals surface area contributed by atoms with Crippen molar-refractivity contribution < 1.29 is 9.50 Å². The summed E-state index contributed by atoms with van der Waals surface area (Å²) in [6.45, 7) is 4.68. The Kier molecular flexibility index (Phi) is 4.04. The molecule has 1 saturated heterocycles. The molecule has 2 rings (SSSR count). The number of piperidine rings is 1. The molecule has 0 spiro atoms. The molecule has 0 aromatic carbocycles. The van der Waals surface area contributed by atoms with Gasteiger partial charge < -0.3 is 10.0 Å². The minimum Gasteiger partial charge on any atom is -0.492 e. The number of halogens is 1. The molecule has 0 saturated carbocycles. The molecule has 0 amide bonds. The first-order valence-corrected chi connectivity index (χ1v) is 6.50. The lowest BCUT2D eigenvalue weighted by molar-refractivity contribution is 0.175. The maximum absolute atomic E-state index is 13.4. The van der Waals surface area contributed by atoms with E-state index in [2.05, 4.69) is 11.8 Å². The van der Waals surface area contributed by atoms with Gasteiger partial charge in [-0.1, -0.05) is 6.92 Å². The third-order valence-corrected chi connectivity index (χ3v) is 3.53. The SMILES string of the molecule is CCCN1CCC(n2c(O)c(F)c(=O)[nH]c2=O)CC1. The van der Waals surface area contributed by atoms with E-state index in [4.69, 9.17) is 0 Å². The van der Waals surface area contributed by atoms with Crippen LogP contribution in [0.15, 0.2) is 9.59 Å². The number of nitrogens with one attached hydrogen (secondary N) is 1. The lowest BCUT2D eigenvalue weighted by atomic mass is 10.0. The number of H-pyrrole nitrogens is 1. The monoisotopic (exact) mass is 271 g/mol. The number of likely N-dealkylation sites (tertiary alicyclic amines) is 1. The standard InChI is InChI=1S/C12H18FN3O3/c1-2-5-15-6-3-8(4-7-15)16-11(18)9(13)10(17)14-12(16)19/h8,18H,2-7H2,1H3,(H,14,17,19). The normalized spacial score (nSPS) is 17.8.